The lowest BCUT2D eigenvalue weighted by molar-refractivity contribution is -0.124. The number of amides is 1. The number of nitrogens with zero attached hydrogens (tertiary/aromatic N) is 1. The van der Waals surface area contributed by atoms with Crippen LogP contribution in [0.2, 0.25) is 5.02 Å². The molecular weight excluding hydrogens is 408 g/mol. The molecular formula is C26H23ClN2O2. The third-order valence-electron chi connectivity index (χ3n) is 5.58. The van der Waals surface area contributed by atoms with Crippen molar-refractivity contribution in [1.82, 2.24) is 5.32 Å². The van der Waals surface area contributed by atoms with Gasteiger partial charge in [-0.2, -0.15) is 0 Å². The molecule has 0 radical (unpaired) electrons. The first kappa shape index (κ1) is 20.9. The summed E-state index contributed by atoms with van der Waals surface area (Å²) in [6.07, 6.45) is 0. The van der Waals surface area contributed by atoms with Gasteiger partial charge in [0.05, 0.1) is 5.57 Å². The zero-order valence-electron chi connectivity index (χ0n) is 17.4. The van der Waals surface area contributed by atoms with E-state index in [1.807, 2.05) is 85.8 Å². The second kappa shape index (κ2) is 8.78. The van der Waals surface area contributed by atoms with Crippen LogP contribution in [0.1, 0.15) is 36.6 Å². The summed E-state index contributed by atoms with van der Waals surface area (Å²) in [5.41, 5.74) is 4.75. The van der Waals surface area contributed by atoms with Crippen LogP contribution >= 0.6 is 11.6 Å². The molecule has 1 aliphatic heterocycles. The minimum absolute atomic E-state index is 0.125. The van der Waals surface area contributed by atoms with Crippen molar-refractivity contribution in [3.63, 3.8) is 0 Å². The Morgan fingerprint density at radius 2 is 1.58 bits per heavy atom. The number of benzene rings is 3. The van der Waals surface area contributed by atoms with Crippen LogP contribution in [0.5, 0.6) is 0 Å². The summed E-state index contributed by atoms with van der Waals surface area (Å²) in [4.78, 5) is 28.0. The summed E-state index contributed by atoms with van der Waals surface area (Å²) in [5, 5.41) is 3.56. The van der Waals surface area contributed by atoms with Crippen molar-refractivity contribution in [3.8, 4) is 0 Å². The fourth-order valence-electron chi connectivity index (χ4n) is 4.01. The summed E-state index contributed by atoms with van der Waals surface area (Å²) >= 11 is 6.53. The first-order valence-electron chi connectivity index (χ1n) is 10.1. The molecule has 0 saturated heterocycles. The molecule has 3 aromatic carbocycles. The van der Waals surface area contributed by atoms with Crippen molar-refractivity contribution >= 4 is 34.6 Å². The van der Waals surface area contributed by atoms with Gasteiger partial charge in [0, 0.05) is 23.0 Å². The number of nitrogens with one attached hydrogen (secondary N) is 1. The fraction of sp³-hybridized carbons (Fsp3) is 0.154. The van der Waals surface area contributed by atoms with E-state index >= 15 is 0 Å². The van der Waals surface area contributed by atoms with E-state index in [1.54, 1.807) is 0 Å². The summed E-state index contributed by atoms with van der Waals surface area (Å²) in [6.45, 7) is 3.98. The summed E-state index contributed by atoms with van der Waals surface area (Å²) < 4.78 is 0. The second-order valence-electron chi connectivity index (χ2n) is 7.58. The highest BCUT2D eigenvalue weighted by molar-refractivity contribution is 6.32. The average Bonchev–Trinajstić information content (AvgIpc) is 2.78. The highest BCUT2D eigenvalue weighted by Gasteiger charge is 2.30. The Bertz CT molecular complexity index is 1160. The maximum atomic E-state index is 13.6. The second-order valence-corrected chi connectivity index (χ2v) is 7.98. The standard InChI is InChI=1S/C26H23ClN2O2/c1-17-24(26(31)28-25(18(2)30)19-10-5-3-6-11-19)21-14-9-15-23(27)22(21)16-29(17)20-12-7-4-8-13-20/h3-15,25H,16H2,1-2H3,(H,28,31)/t25-/m1/s1. The quantitative estimate of drug-likeness (QED) is 0.578. The van der Waals surface area contributed by atoms with Gasteiger partial charge in [0.15, 0.2) is 5.78 Å². The highest BCUT2D eigenvalue weighted by atomic mass is 35.5. The monoisotopic (exact) mass is 430 g/mol. The molecule has 0 aliphatic carbocycles. The van der Waals surface area contributed by atoms with Crippen molar-refractivity contribution in [2.24, 2.45) is 0 Å². The molecule has 5 heteroatoms. The molecule has 156 valence electrons. The van der Waals surface area contributed by atoms with E-state index in [0.717, 1.165) is 28.1 Å². The van der Waals surface area contributed by atoms with Gasteiger partial charge in [0.25, 0.3) is 5.91 Å². The molecule has 0 unspecified atom stereocenters. The lowest BCUT2D eigenvalue weighted by Crippen LogP contribution is -2.37. The lowest BCUT2D eigenvalue weighted by atomic mass is 9.92. The first-order valence-corrected chi connectivity index (χ1v) is 10.5. The molecule has 4 rings (SSSR count). The van der Waals surface area contributed by atoms with Crippen LogP contribution in [-0.2, 0) is 16.1 Å². The number of rotatable bonds is 5. The maximum absolute atomic E-state index is 13.6. The highest BCUT2D eigenvalue weighted by Crippen LogP contribution is 2.38. The van der Waals surface area contributed by atoms with E-state index in [0.29, 0.717) is 17.1 Å². The average molecular weight is 431 g/mol. The molecule has 0 saturated carbocycles. The molecule has 4 nitrogen and oxygen atoms in total. The number of allylic oxidation sites excluding steroid dienone is 1. The van der Waals surface area contributed by atoms with Crippen LogP contribution in [0.15, 0.2) is 84.6 Å². The first-order chi connectivity index (χ1) is 15.0. The van der Waals surface area contributed by atoms with E-state index < -0.39 is 6.04 Å². The summed E-state index contributed by atoms with van der Waals surface area (Å²) in [7, 11) is 0. The van der Waals surface area contributed by atoms with Crippen molar-refractivity contribution in [2.75, 3.05) is 4.90 Å². The minimum Gasteiger partial charge on any atom is -0.340 e. The fourth-order valence-corrected chi connectivity index (χ4v) is 4.24. The van der Waals surface area contributed by atoms with Gasteiger partial charge in [-0.1, -0.05) is 72.3 Å². The zero-order valence-corrected chi connectivity index (χ0v) is 18.2. The van der Waals surface area contributed by atoms with Gasteiger partial charge >= 0.3 is 0 Å². The Morgan fingerprint density at radius 3 is 2.23 bits per heavy atom. The van der Waals surface area contributed by atoms with E-state index in [2.05, 4.69) is 10.2 Å². The molecule has 1 amide bonds. The van der Waals surface area contributed by atoms with Gasteiger partial charge in [-0.25, -0.2) is 0 Å². The van der Waals surface area contributed by atoms with Gasteiger partial charge in [0.1, 0.15) is 6.04 Å². The number of hydrogen-bond donors (Lipinski definition) is 1. The van der Waals surface area contributed by atoms with Gasteiger partial charge in [-0.05, 0) is 48.7 Å². The molecule has 0 spiro atoms. The number of ketones is 1. The van der Waals surface area contributed by atoms with Crippen LogP contribution in [0.4, 0.5) is 5.69 Å². The van der Waals surface area contributed by atoms with Gasteiger partial charge < -0.3 is 10.2 Å². The van der Waals surface area contributed by atoms with Crippen LogP contribution < -0.4 is 10.2 Å². The van der Waals surface area contributed by atoms with Crippen molar-refractivity contribution in [2.45, 2.75) is 26.4 Å². The predicted octanol–water partition coefficient (Wildman–Crippen LogP) is 5.54. The van der Waals surface area contributed by atoms with E-state index in [4.69, 9.17) is 11.6 Å². The molecule has 1 heterocycles. The molecule has 1 atom stereocenters. The molecule has 0 aromatic heterocycles. The van der Waals surface area contributed by atoms with Gasteiger partial charge in [-0.15, -0.1) is 0 Å². The molecule has 3 aromatic rings. The Kier molecular flexibility index (Phi) is 5.92. The molecule has 1 aliphatic rings. The number of halogens is 1. The van der Waals surface area contributed by atoms with Crippen LogP contribution in [0, 0.1) is 0 Å². The predicted molar refractivity (Wildman–Crippen MR) is 125 cm³/mol. The largest absolute Gasteiger partial charge is 0.340 e. The molecule has 1 N–H and O–H groups in total. The van der Waals surface area contributed by atoms with Crippen LogP contribution in [-0.4, -0.2) is 11.7 Å². The molecule has 31 heavy (non-hydrogen) atoms. The zero-order chi connectivity index (χ0) is 22.0. The third-order valence-corrected chi connectivity index (χ3v) is 5.94. The van der Waals surface area contributed by atoms with Gasteiger partial charge in [0.2, 0.25) is 0 Å². The smallest absolute Gasteiger partial charge is 0.254 e. The Labute approximate surface area is 187 Å². The van der Waals surface area contributed by atoms with Gasteiger partial charge in [-0.3, -0.25) is 9.59 Å². The number of Topliss-reactive ketones (excluding diaryl/α,β-unsaturated/α-hetero) is 1. The van der Waals surface area contributed by atoms with Crippen molar-refractivity contribution < 1.29 is 9.59 Å². The number of carbonyl (C=O) groups is 2. The number of hydrogen-bond acceptors (Lipinski definition) is 3. The molecule has 0 fully saturated rings. The van der Waals surface area contributed by atoms with Crippen molar-refractivity contribution in [1.29, 1.82) is 0 Å². The number of anilines is 1. The van der Waals surface area contributed by atoms with E-state index in [9.17, 15) is 9.59 Å². The lowest BCUT2D eigenvalue weighted by Gasteiger charge is -2.34. The van der Waals surface area contributed by atoms with Crippen molar-refractivity contribution in [3.05, 3.63) is 106 Å². The number of fused-ring (bicyclic) bond motifs is 1. The summed E-state index contributed by atoms with van der Waals surface area (Å²) in [6, 6.07) is 24.0. The van der Waals surface area contributed by atoms with Crippen LogP contribution in [0.25, 0.3) is 5.57 Å². The SMILES string of the molecule is CC(=O)[C@@H](NC(=O)C1=C(C)N(c2ccccc2)Cc2c(Cl)cccc21)c1ccccc1. The van der Waals surface area contributed by atoms with E-state index in [1.165, 1.54) is 6.92 Å². The maximum Gasteiger partial charge on any atom is 0.254 e. The normalized spacial score (nSPS) is 14.1. The minimum atomic E-state index is -0.719. The van der Waals surface area contributed by atoms with E-state index in [-0.39, 0.29) is 11.7 Å². The number of carbonyl (C=O) groups excluding carboxylic acids is 2. The molecule has 0 bridgehead atoms. The summed E-state index contributed by atoms with van der Waals surface area (Å²) in [5.74, 6) is -0.425. The Balaban J connectivity index is 1.79. The Hall–Kier alpha value is -3.37. The van der Waals surface area contributed by atoms with Crippen LogP contribution in [0.3, 0.4) is 0 Å². The third kappa shape index (κ3) is 4.12. The topological polar surface area (TPSA) is 49.4 Å². The Morgan fingerprint density at radius 1 is 0.935 bits per heavy atom. The number of para-hydroxylation sites is 1.